The standard InChI is InChI=1S/C15H13ClO/c1-10-3-4-11(2)14(7-10)12-5-6-15(16)13(8-12)9-17/h3-9H,1-2H3. The predicted octanol–water partition coefficient (Wildman–Crippen LogP) is 4.44. The first kappa shape index (κ1) is 11.9. The zero-order chi connectivity index (χ0) is 12.4. The molecule has 0 saturated carbocycles. The molecular formula is C15H13ClO. The van der Waals surface area contributed by atoms with Gasteiger partial charge in [0.25, 0.3) is 0 Å². The molecule has 2 aromatic carbocycles. The SMILES string of the molecule is Cc1ccc(C)c(-c2ccc(Cl)c(C=O)c2)c1. The maximum Gasteiger partial charge on any atom is 0.151 e. The van der Waals surface area contributed by atoms with Crippen LogP contribution in [0.2, 0.25) is 5.02 Å². The van der Waals surface area contributed by atoms with Crippen LogP contribution in [0, 0.1) is 13.8 Å². The molecule has 0 heterocycles. The molecule has 2 rings (SSSR count). The van der Waals surface area contributed by atoms with E-state index in [0.29, 0.717) is 10.6 Å². The van der Waals surface area contributed by atoms with Crippen LogP contribution < -0.4 is 0 Å². The fourth-order valence-electron chi connectivity index (χ4n) is 1.85. The first-order chi connectivity index (χ1) is 8.11. The number of rotatable bonds is 2. The highest BCUT2D eigenvalue weighted by atomic mass is 35.5. The van der Waals surface area contributed by atoms with Crippen LogP contribution in [0.15, 0.2) is 36.4 Å². The van der Waals surface area contributed by atoms with Crippen molar-refractivity contribution in [2.75, 3.05) is 0 Å². The molecule has 0 radical (unpaired) electrons. The van der Waals surface area contributed by atoms with E-state index in [4.69, 9.17) is 11.6 Å². The Balaban J connectivity index is 2.60. The van der Waals surface area contributed by atoms with Gasteiger partial charge in [0.05, 0.1) is 5.02 Å². The number of aldehydes is 1. The summed E-state index contributed by atoms with van der Waals surface area (Å²) < 4.78 is 0. The summed E-state index contributed by atoms with van der Waals surface area (Å²) in [5.41, 5.74) is 5.09. The average Bonchev–Trinajstić information content (AvgIpc) is 2.33. The van der Waals surface area contributed by atoms with Gasteiger partial charge in [0, 0.05) is 5.56 Å². The molecule has 0 aliphatic heterocycles. The Bertz CT molecular complexity index is 573. The molecule has 0 N–H and O–H groups in total. The van der Waals surface area contributed by atoms with Gasteiger partial charge in [-0.05, 0) is 42.7 Å². The molecule has 0 bridgehead atoms. The number of hydrogen-bond acceptors (Lipinski definition) is 1. The largest absolute Gasteiger partial charge is 0.298 e. The van der Waals surface area contributed by atoms with Crippen LogP contribution in [-0.4, -0.2) is 6.29 Å². The lowest BCUT2D eigenvalue weighted by atomic mass is 9.97. The van der Waals surface area contributed by atoms with Crippen molar-refractivity contribution in [1.29, 1.82) is 0 Å². The Hall–Kier alpha value is -1.60. The second-order valence-electron chi connectivity index (χ2n) is 4.17. The summed E-state index contributed by atoms with van der Waals surface area (Å²) in [4.78, 5) is 10.9. The smallest absolute Gasteiger partial charge is 0.151 e. The summed E-state index contributed by atoms with van der Waals surface area (Å²) >= 11 is 5.92. The Morgan fingerprint density at radius 1 is 1.06 bits per heavy atom. The quantitative estimate of drug-likeness (QED) is 0.714. The molecule has 0 unspecified atom stereocenters. The van der Waals surface area contributed by atoms with Gasteiger partial charge in [-0.3, -0.25) is 4.79 Å². The minimum atomic E-state index is 0.494. The normalized spacial score (nSPS) is 10.3. The number of halogens is 1. The van der Waals surface area contributed by atoms with E-state index in [-0.39, 0.29) is 0 Å². The molecule has 0 amide bonds. The topological polar surface area (TPSA) is 17.1 Å². The third-order valence-electron chi connectivity index (χ3n) is 2.83. The number of carbonyl (C=O) groups excluding carboxylic acids is 1. The van der Waals surface area contributed by atoms with Gasteiger partial charge >= 0.3 is 0 Å². The van der Waals surface area contributed by atoms with Crippen LogP contribution in [0.1, 0.15) is 21.5 Å². The highest BCUT2D eigenvalue weighted by molar-refractivity contribution is 6.33. The van der Waals surface area contributed by atoms with Gasteiger partial charge < -0.3 is 0 Å². The molecule has 86 valence electrons. The number of benzene rings is 2. The Morgan fingerprint density at radius 2 is 1.82 bits per heavy atom. The maximum absolute atomic E-state index is 10.9. The fourth-order valence-corrected chi connectivity index (χ4v) is 2.01. The third kappa shape index (κ3) is 2.40. The van der Waals surface area contributed by atoms with Gasteiger partial charge in [-0.15, -0.1) is 0 Å². The summed E-state index contributed by atoms with van der Waals surface area (Å²) in [6.07, 6.45) is 0.789. The van der Waals surface area contributed by atoms with Crippen LogP contribution in [0.3, 0.4) is 0 Å². The number of hydrogen-bond donors (Lipinski definition) is 0. The number of aryl methyl sites for hydroxylation is 2. The van der Waals surface area contributed by atoms with Gasteiger partial charge in [-0.1, -0.05) is 41.4 Å². The molecule has 2 aromatic rings. The average molecular weight is 245 g/mol. The summed E-state index contributed by atoms with van der Waals surface area (Å²) in [7, 11) is 0. The van der Waals surface area contributed by atoms with Crippen LogP contribution >= 0.6 is 11.6 Å². The maximum atomic E-state index is 10.9. The highest BCUT2D eigenvalue weighted by Crippen LogP contribution is 2.27. The molecule has 1 nitrogen and oxygen atoms in total. The van der Waals surface area contributed by atoms with Gasteiger partial charge in [0.2, 0.25) is 0 Å². The minimum Gasteiger partial charge on any atom is -0.298 e. The third-order valence-corrected chi connectivity index (χ3v) is 3.17. The van der Waals surface area contributed by atoms with E-state index in [1.807, 2.05) is 12.1 Å². The van der Waals surface area contributed by atoms with Gasteiger partial charge in [0.15, 0.2) is 6.29 Å². The van der Waals surface area contributed by atoms with E-state index in [1.165, 1.54) is 11.1 Å². The van der Waals surface area contributed by atoms with E-state index in [0.717, 1.165) is 17.4 Å². The summed E-state index contributed by atoms with van der Waals surface area (Å²) in [5, 5.41) is 0.494. The second kappa shape index (κ2) is 4.72. The van der Waals surface area contributed by atoms with Crippen molar-refractivity contribution in [2.24, 2.45) is 0 Å². The Kier molecular flexibility index (Phi) is 3.30. The van der Waals surface area contributed by atoms with E-state index < -0.39 is 0 Å². The molecule has 0 aromatic heterocycles. The lowest BCUT2D eigenvalue weighted by Crippen LogP contribution is -1.88. The van der Waals surface area contributed by atoms with Crippen LogP contribution in [0.25, 0.3) is 11.1 Å². The molecule has 0 aliphatic rings. The van der Waals surface area contributed by atoms with Crippen molar-refractivity contribution in [3.05, 3.63) is 58.1 Å². The predicted molar refractivity (Wildman–Crippen MR) is 71.7 cm³/mol. The lowest BCUT2D eigenvalue weighted by Gasteiger charge is -2.08. The fraction of sp³-hybridized carbons (Fsp3) is 0.133. The summed E-state index contributed by atoms with van der Waals surface area (Å²) in [6.45, 7) is 4.11. The van der Waals surface area contributed by atoms with E-state index in [2.05, 4.69) is 32.0 Å². The van der Waals surface area contributed by atoms with Gasteiger partial charge in [-0.2, -0.15) is 0 Å². The van der Waals surface area contributed by atoms with Gasteiger partial charge in [0.1, 0.15) is 0 Å². The lowest BCUT2D eigenvalue weighted by molar-refractivity contribution is 0.112. The molecule has 0 fully saturated rings. The second-order valence-corrected chi connectivity index (χ2v) is 4.58. The highest BCUT2D eigenvalue weighted by Gasteiger charge is 2.05. The summed E-state index contributed by atoms with van der Waals surface area (Å²) in [6, 6.07) is 11.8. The molecule has 17 heavy (non-hydrogen) atoms. The van der Waals surface area contributed by atoms with Crippen molar-refractivity contribution >= 4 is 17.9 Å². The van der Waals surface area contributed by atoms with Crippen LogP contribution in [0.4, 0.5) is 0 Å². The first-order valence-corrected chi connectivity index (χ1v) is 5.82. The Morgan fingerprint density at radius 3 is 2.53 bits per heavy atom. The molecule has 0 saturated heterocycles. The monoisotopic (exact) mass is 244 g/mol. The zero-order valence-corrected chi connectivity index (χ0v) is 10.6. The van der Waals surface area contributed by atoms with Crippen molar-refractivity contribution in [3.63, 3.8) is 0 Å². The molecule has 0 aliphatic carbocycles. The summed E-state index contributed by atoms with van der Waals surface area (Å²) in [5.74, 6) is 0. The van der Waals surface area contributed by atoms with Crippen molar-refractivity contribution in [3.8, 4) is 11.1 Å². The molecular weight excluding hydrogens is 232 g/mol. The van der Waals surface area contributed by atoms with Crippen LogP contribution in [-0.2, 0) is 0 Å². The molecule has 2 heteroatoms. The minimum absolute atomic E-state index is 0.494. The van der Waals surface area contributed by atoms with E-state index in [9.17, 15) is 4.79 Å². The van der Waals surface area contributed by atoms with Crippen molar-refractivity contribution in [1.82, 2.24) is 0 Å². The Labute approximate surface area is 106 Å². The molecule has 0 spiro atoms. The van der Waals surface area contributed by atoms with Crippen molar-refractivity contribution < 1.29 is 4.79 Å². The molecule has 0 atom stereocenters. The van der Waals surface area contributed by atoms with Crippen LogP contribution in [0.5, 0.6) is 0 Å². The van der Waals surface area contributed by atoms with Crippen molar-refractivity contribution in [2.45, 2.75) is 13.8 Å². The van der Waals surface area contributed by atoms with Gasteiger partial charge in [-0.25, -0.2) is 0 Å². The van der Waals surface area contributed by atoms with E-state index >= 15 is 0 Å². The van der Waals surface area contributed by atoms with E-state index in [1.54, 1.807) is 6.07 Å². The number of carbonyl (C=O) groups is 1. The first-order valence-electron chi connectivity index (χ1n) is 5.44. The zero-order valence-electron chi connectivity index (χ0n) is 9.83.